The zero-order valence-electron chi connectivity index (χ0n) is 8.55. The van der Waals surface area contributed by atoms with Crippen molar-refractivity contribution in [3.05, 3.63) is 35.1 Å². The van der Waals surface area contributed by atoms with Gasteiger partial charge in [-0.1, -0.05) is 0 Å². The second-order valence-corrected chi connectivity index (χ2v) is 3.87. The molecule has 1 fully saturated rings. The number of hydrogen-bond acceptors (Lipinski definition) is 2. The first-order chi connectivity index (χ1) is 7.59. The standard InChI is InChI=1S/C11H12F3NO/c12-7-5-9(14)8(13)4-6(7)11(15)10-2-1-3-16-10/h4-5,10-11H,1-3,15H2. The number of benzene rings is 1. The maximum atomic E-state index is 13.4. The lowest BCUT2D eigenvalue weighted by molar-refractivity contribution is 0.0889. The van der Waals surface area contributed by atoms with Crippen LogP contribution in [0.3, 0.4) is 0 Å². The molecular weight excluding hydrogens is 219 g/mol. The number of nitrogens with two attached hydrogens (primary N) is 1. The van der Waals surface area contributed by atoms with Crippen LogP contribution in [0.4, 0.5) is 13.2 Å². The molecule has 5 heteroatoms. The summed E-state index contributed by atoms with van der Waals surface area (Å²) in [5, 5.41) is 0. The predicted octanol–water partition coefficient (Wildman–Crippen LogP) is 2.28. The minimum absolute atomic E-state index is 0.0363. The molecule has 1 aromatic rings. The lowest BCUT2D eigenvalue weighted by Crippen LogP contribution is -2.26. The fourth-order valence-corrected chi connectivity index (χ4v) is 1.88. The van der Waals surface area contributed by atoms with E-state index in [0.29, 0.717) is 19.1 Å². The normalized spacial score (nSPS) is 22.4. The van der Waals surface area contributed by atoms with Gasteiger partial charge in [0.15, 0.2) is 11.6 Å². The minimum atomic E-state index is -1.21. The molecule has 1 heterocycles. The van der Waals surface area contributed by atoms with E-state index in [1.807, 2.05) is 0 Å². The van der Waals surface area contributed by atoms with E-state index in [4.69, 9.17) is 10.5 Å². The lowest BCUT2D eigenvalue weighted by Gasteiger charge is -2.19. The Labute approximate surface area is 91.2 Å². The Hall–Kier alpha value is -1.07. The first-order valence-corrected chi connectivity index (χ1v) is 5.11. The summed E-state index contributed by atoms with van der Waals surface area (Å²) in [6, 6.07) is 0.564. The molecule has 1 saturated heterocycles. The van der Waals surface area contributed by atoms with Gasteiger partial charge in [0.1, 0.15) is 5.82 Å². The molecule has 2 unspecified atom stereocenters. The number of hydrogen-bond donors (Lipinski definition) is 1. The largest absolute Gasteiger partial charge is 0.376 e. The van der Waals surface area contributed by atoms with Crippen molar-refractivity contribution in [3.63, 3.8) is 0 Å². The highest BCUT2D eigenvalue weighted by atomic mass is 19.2. The second kappa shape index (κ2) is 4.43. The van der Waals surface area contributed by atoms with Crippen LogP contribution in [0.15, 0.2) is 12.1 Å². The Bertz CT molecular complexity index is 391. The van der Waals surface area contributed by atoms with Gasteiger partial charge in [0, 0.05) is 18.2 Å². The highest BCUT2D eigenvalue weighted by molar-refractivity contribution is 5.24. The lowest BCUT2D eigenvalue weighted by atomic mass is 9.99. The molecule has 16 heavy (non-hydrogen) atoms. The molecule has 1 aliphatic rings. The van der Waals surface area contributed by atoms with E-state index in [1.165, 1.54) is 0 Å². The zero-order chi connectivity index (χ0) is 11.7. The van der Waals surface area contributed by atoms with Crippen molar-refractivity contribution in [1.82, 2.24) is 0 Å². The van der Waals surface area contributed by atoms with Crippen LogP contribution in [-0.4, -0.2) is 12.7 Å². The molecule has 88 valence electrons. The summed E-state index contributed by atoms with van der Waals surface area (Å²) in [6.45, 7) is 0.573. The topological polar surface area (TPSA) is 35.2 Å². The highest BCUT2D eigenvalue weighted by Crippen LogP contribution is 2.27. The van der Waals surface area contributed by atoms with Gasteiger partial charge < -0.3 is 10.5 Å². The SMILES string of the molecule is NC(c1cc(F)c(F)cc1F)C1CCCO1. The molecular formula is C11H12F3NO. The van der Waals surface area contributed by atoms with Crippen molar-refractivity contribution >= 4 is 0 Å². The van der Waals surface area contributed by atoms with E-state index in [-0.39, 0.29) is 11.7 Å². The molecule has 2 N–H and O–H groups in total. The highest BCUT2D eigenvalue weighted by Gasteiger charge is 2.27. The van der Waals surface area contributed by atoms with Gasteiger partial charge in [-0.05, 0) is 18.9 Å². The number of ether oxygens (including phenoxy) is 1. The summed E-state index contributed by atoms with van der Waals surface area (Å²) in [5.41, 5.74) is 5.73. The van der Waals surface area contributed by atoms with Crippen molar-refractivity contribution < 1.29 is 17.9 Å². The predicted molar refractivity (Wildman–Crippen MR) is 52.2 cm³/mol. The third-order valence-electron chi connectivity index (χ3n) is 2.76. The van der Waals surface area contributed by atoms with Crippen molar-refractivity contribution in [1.29, 1.82) is 0 Å². The Balaban J connectivity index is 2.28. The average Bonchev–Trinajstić information content (AvgIpc) is 2.75. The van der Waals surface area contributed by atoms with Crippen LogP contribution in [0.5, 0.6) is 0 Å². The molecule has 0 radical (unpaired) electrons. The van der Waals surface area contributed by atoms with Gasteiger partial charge in [0.05, 0.1) is 12.1 Å². The zero-order valence-corrected chi connectivity index (χ0v) is 8.55. The third kappa shape index (κ3) is 2.05. The molecule has 0 saturated carbocycles. The molecule has 1 aliphatic heterocycles. The van der Waals surface area contributed by atoms with Crippen LogP contribution in [0, 0.1) is 17.5 Å². The van der Waals surface area contributed by atoms with E-state index >= 15 is 0 Å². The minimum Gasteiger partial charge on any atom is -0.376 e. The van der Waals surface area contributed by atoms with Crippen LogP contribution in [0.1, 0.15) is 24.4 Å². The Morgan fingerprint density at radius 1 is 1.19 bits per heavy atom. The van der Waals surface area contributed by atoms with Crippen molar-refractivity contribution in [2.24, 2.45) is 5.73 Å². The summed E-state index contributed by atoms with van der Waals surface area (Å²) in [6.07, 6.45) is 1.24. The van der Waals surface area contributed by atoms with Crippen LogP contribution < -0.4 is 5.73 Å². The molecule has 0 amide bonds. The quantitative estimate of drug-likeness (QED) is 0.792. The van der Waals surface area contributed by atoms with Gasteiger partial charge in [0.2, 0.25) is 0 Å². The molecule has 0 bridgehead atoms. The molecule has 1 aromatic carbocycles. The van der Waals surface area contributed by atoms with Crippen LogP contribution in [0.25, 0.3) is 0 Å². The van der Waals surface area contributed by atoms with Gasteiger partial charge >= 0.3 is 0 Å². The maximum absolute atomic E-state index is 13.4. The molecule has 2 atom stereocenters. The van der Waals surface area contributed by atoms with Gasteiger partial charge in [-0.25, -0.2) is 13.2 Å². The molecule has 0 aliphatic carbocycles. The second-order valence-electron chi connectivity index (χ2n) is 3.87. The van der Waals surface area contributed by atoms with E-state index in [1.54, 1.807) is 0 Å². The molecule has 0 spiro atoms. The molecule has 2 nitrogen and oxygen atoms in total. The number of rotatable bonds is 2. The third-order valence-corrected chi connectivity index (χ3v) is 2.76. The fourth-order valence-electron chi connectivity index (χ4n) is 1.88. The van der Waals surface area contributed by atoms with Crippen molar-refractivity contribution in [2.75, 3.05) is 6.61 Å². The maximum Gasteiger partial charge on any atom is 0.161 e. The summed E-state index contributed by atoms with van der Waals surface area (Å²) in [5.74, 6) is -3.13. The van der Waals surface area contributed by atoms with Gasteiger partial charge in [-0.15, -0.1) is 0 Å². The summed E-state index contributed by atoms with van der Waals surface area (Å²) >= 11 is 0. The first-order valence-electron chi connectivity index (χ1n) is 5.11. The monoisotopic (exact) mass is 231 g/mol. The summed E-state index contributed by atoms with van der Waals surface area (Å²) in [4.78, 5) is 0. The van der Waals surface area contributed by atoms with E-state index in [9.17, 15) is 13.2 Å². The first kappa shape index (κ1) is 11.4. The van der Waals surface area contributed by atoms with Gasteiger partial charge in [0.25, 0.3) is 0 Å². The Kier molecular flexibility index (Phi) is 3.16. The van der Waals surface area contributed by atoms with E-state index in [0.717, 1.165) is 12.5 Å². The summed E-state index contributed by atoms with van der Waals surface area (Å²) < 4.78 is 44.4. The van der Waals surface area contributed by atoms with Crippen LogP contribution in [-0.2, 0) is 4.74 Å². The van der Waals surface area contributed by atoms with Gasteiger partial charge in [-0.3, -0.25) is 0 Å². The Morgan fingerprint density at radius 3 is 2.50 bits per heavy atom. The smallest absolute Gasteiger partial charge is 0.161 e. The fraction of sp³-hybridized carbons (Fsp3) is 0.455. The number of halogens is 3. The van der Waals surface area contributed by atoms with Crippen LogP contribution in [0.2, 0.25) is 0 Å². The van der Waals surface area contributed by atoms with Crippen molar-refractivity contribution in [3.8, 4) is 0 Å². The van der Waals surface area contributed by atoms with E-state index in [2.05, 4.69) is 0 Å². The average molecular weight is 231 g/mol. The molecule has 0 aromatic heterocycles. The van der Waals surface area contributed by atoms with E-state index < -0.39 is 23.5 Å². The summed E-state index contributed by atoms with van der Waals surface area (Å²) in [7, 11) is 0. The molecule has 2 rings (SSSR count). The van der Waals surface area contributed by atoms with Gasteiger partial charge in [-0.2, -0.15) is 0 Å². The Morgan fingerprint density at radius 2 is 1.88 bits per heavy atom. The van der Waals surface area contributed by atoms with Crippen LogP contribution >= 0.6 is 0 Å². The van der Waals surface area contributed by atoms with Crippen molar-refractivity contribution in [2.45, 2.75) is 25.0 Å².